The van der Waals surface area contributed by atoms with Crippen molar-refractivity contribution >= 4 is 23.1 Å². The number of nitrogen functional groups attached to an aromatic ring is 1. The molecule has 19 heavy (non-hydrogen) atoms. The van der Waals surface area contributed by atoms with Crippen LogP contribution in [0.25, 0.3) is 0 Å². The minimum Gasteiger partial charge on any atom is -0.368 e. The fourth-order valence-corrected chi connectivity index (χ4v) is 2.29. The standard InChI is InChI=1S/C11H11F3N4S/c1-6-2-3-7(19-6)5-16-9-4-8(11(12,13)14)17-10(15)18-9/h2-4H,5H2,1H3,(H3,15,16,17,18). The smallest absolute Gasteiger partial charge is 0.368 e. The van der Waals surface area contributed by atoms with Crippen LogP contribution in [0.1, 0.15) is 15.4 Å². The molecule has 0 amide bonds. The first-order valence-electron chi connectivity index (χ1n) is 5.35. The Labute approximate surface area is 111 Å². The highest BCUT2D eigenvalue weighted by atomic mass is 32.1. The van der Waals surface area contributed by atoms with Gasteiger partial charge in [0.15, 0.2) is 5.69 Å². The quantitative estimate of drug-likeness (QED) is 0.911. The van der Waals surface area contributed by atoms with Gasteiger partial charge in [0, 0.05) is 15.8 Å². The summed E-state index contributed by atoms with van der Waals surface area (Å²) in [5.74, 6) is -0.342. The topological polar surface area (TPSA) is 63.8 Å². The number of nitrogens with zero attached hydrogens (tertiary/aromatic N) is 2. The van der Waals surface area contributed by atoms with Gasteiger partial charge in [0.2, 0.25) is 5.95 Å². The van der Waals surface area contributed by atoms with Crippen LogP contribution in [0.5, 0.6) is 0 Å². The van der Waals surface area contributed by atoms with E-state index >= 15 is 0 Å². The second-order valence-electron chi connectivity index (χ2n) is 3.86. The monoisotopic (exact) mass is 288 g/mol. The van der Waals surface area contributed by atoms with Crippen LogP contribution in [0.2, 0.25) is 0 Å². The summed E-state index contributed by atoms with van der Waals surface area (Å²) in [7, 11) is 0. The fraction of sp³-hybridized carbons (Fsp3) is 0.273. The van der Waals surface area contributed by atoms with Crippen molar-refractivity contribution in [3.63, 3.8) is 0 Å². The molecular weight excluding hydrogens is 277 g/mol. The van der Waals surface area contributed by atoms with Crippen molar-refractivity contribution in [3.05, 3.63) is 33.6 Å². The Morgan fingerprint density at radius 1 is 1.32 bits per heavy atom. The molecule has 0 saturated carbocycles. The van der Waals surface area contributed by atoms with Gasteiger partial charge < -0.3 is 11.1 Å². The highest BCUT2D eigenvalue weighted by molar-refractivity contribution is 7.11. The molecule has 2 aromatic heterocycles. The third kappa shape index (κ3) is 3.57. The van der Waals surface area contributed by atoms with E-state index in [-0.39, 0.29) is 5.82 Å². The van der Waals surface area contributed by atoms with Crippen LogP contribution in [0.15, 0.2) is 18.2 Å². The van der Waals surface area contributed by atoms with Gasteiger partial charge in [-0.1, -0.05) is 0 Å². The lowest BCUT2D eigenvalue weighted by molar-refractivity contribution is -0.141. The van der Waals surface area contributed by atoms with Crippen molar-refractivity contribution in [2.24, 2.45) is 0 Å². The Hall–Kier alpha value is -1.83. The summed E-state index contributed by atoms with van der Waals surface area (Å²) in [5.41, 5.74) is 4.22. The lowest BCUT2D eigenvalue weighted by Gasteiger charge is -2.09. The van der Waals surface area contributed by atoms with Gasteiger partial charge in [-0.25, -0.2) is 4.98 Å². The zero-order chi connectivity index (χ0) is 14.0. The van der Waals surface area contributed by atoms with Gasteiger partial charge in [-0.05, 0) is 19.1 Å². The maximum atomic E-state index is 12.5. The Morgan fingerprint density at radius 3 is 2.63 bits per heavy atom. The van der Waals surface area contributed by atoms with Crippen LogP contribution in [0.4, 0.5) is 24.9 Å². The molecule has 102 valence electrons. The number of alkyl halides is 3. The van der Waals surface area contributed by atoms with Gasteiger partial charge >= 0.3 is 6.18 Å². The van der Waals surface area contributed by atoms with Crippen LogP contribution >= 0.6 is 11.3 Å². The Kier molecular flexibility index (Phi) is 3.61. The lowest BCUT2D eigenvalue weighted by Crippen LogP contribution is -2.12. The molecule has 0 aliphatic carbocycles. The maximum Gasteiger partial charge on any atom is 0.433 e. The molecule has 2 heterocycles. The van der Waals surface area contributed by atoms with E-state index in [0.29, 0.717) is 6.54 Å². The van der Waals surface area contributed by atoms with Crippen molar-refractivity contribution in [2.75, 3.05) is 11.1 Å². The van der Waals surface area contributed by atoms with Gasteiger partial charge in [-0.3, -0.25) is 0 Å². The predicted molar refractivity (Wildman–Crippen MR) is 67.8 cm³/mol. The van der Waals surface area contributed by atoms with Crippen LogP contribution in [-0.2, 0) is 12.7 Å². The van der Waals surface area contributed by atoms with Crippen molar-refractivity contribution < 1.29 is 13.2 Å². The summed E-state index contributed by atoms with van der Waals surface area (Å²) in [5, 5.41) is 2.81. The number of thiophene rings is 1. The number of anilines is 2. The Morgan fingerprint density at radius 2 is 2.05 bits per heavy atom. The van der Waals surface area contributed by atoms with E-state index in [4.69, 9.17) is 5.73 Å². The Bertz CT molecular complexity index is 580. The number of hydrogen-bond donors (Lipinski definition) is 2. The van der Waals surface area contributed by atoms with E-state index in [1.54, 1.807) is 11.3 Å². The highest BCUT2D eigenvalue weighted by Gasteiger charge is 2.33. The summed E-state index contributed by atoms with van der Waals surface area (Å²) >= 11 is 1.56. The molecular formula is C11H11F3N4S. The first-order chi connectivity index (χ1) is 8.84. The van der Waals surface area contributed by atoms with E-state index < -0.39 is 17.8 Å². The molecule has 8 heteroatoms. The van der Waals surface area contributed by atoms with Crippen molar-refractivity contribution in [2.45, 2.75) is 19.6 Å². The molecule has 3 N–H and O–H groups in total. The van der Waals surface area contributed by atoms with E-state index in [0.717, 1.165) is 15.8 Å². The van der Waals surface area contributed by atoms with E-state index in [1.165, 1.54) is 0 Å². The molecule has 0 aliphatic rings. The minimum absolute atomic E-state index is 0.0610. The van der Waals surface area contributed by atoms with Gasteiger partial charge in [-0.15, -0.1) is 11.3 Å². The third-order valence-corrected chi connectivity index (χ3v) is 3.27. The summed E-state index contributed by atoms with van der Waals surface area (Å²) in [4.78, 5) is 9.04. The first kappa shape index (κ1) is 13.6. The number of halogens is 3. The average molecular weight is 288 g/mol. The number of aryl methyl sites for hydroxylation is 1. The number of nitrogens with two attached hydrogens (primary N) is 1. The Balaban J connectivity index is 2.14. The van der Waals surface area contributed by atoms with Crippen LogP contribution in [0.3, 0.4) is 0 Å². The molecule has 0 aromatic carbocycles. The summed E-state index contributed by atoms with van der Waals surface area (Å²) in [6, 6.07) is 4.69. The lowest BCUT2D eigenvalue weighted by atomic mass is 10.3. The van der Waals surface area contributed by atoms with Crippen molar-refractivity contribution in [1.82, 2.24) is 9.97 Å². The SMILES string of the molecule is Cc1ccc(CNc2cc(C(F)(F)F)nc(N)n2)s1. The number of hydrogen-bond acceptors (Lipinski definition) is 5. The maximum absolute atomic E-state index is 12.5. The van der Waals surface area contributed by atoms with E-state index in [1.807, 2.05) is 19.1 Å². The van der Waals surface area contributed by atoms with Crippen molar-refractivity contribution in [1.29, 1.82) is 0 Å². The summed E-state index contributed by atoms with van der Waals surface area (Å²) < 4.78 is 37.6. The molecule has 0 fully saturated rings. The molecule has 0 saturated heterocycles. The third-order valence-electron chi connectivity index (χ3n) is 2.27. The molecule has 0 bridgehead atoms. The summed E-state index contributed by atoms with van der Waals surface area (Å²) in [6.07, 6.45) is -4.53. The number of aromatic nitrogens is 2. The van der Waals surface area contributed by atoms with Gasteiger partial charge in [-0.2, -0.15) is 18.2 Å². The number of rotatable bonds is 3. The van der Waals surface area contributed by atoms with Gasteiger partial charge in [0.25, 0.3) is 0 Å². The first-order valence-corrected chi connectivity index (χ1v) is 6.17. The molecule has 2 rings (SSSR count). The molecule has 0 spiro atoms. The van der Waals surface area contributed by atoms with E-state index in [9.17, 15) is 13.2 Å². The minimum atomic E-state index is -4.53. The van der Waals surface area contributed by atoms with Crippen molar-refractivity contribution in [3.8, 4) is 0 Å². The van der Waals surface area contributed by atoms with Crippen LogP contribution in [-0.4, -0.2) is 9.97 Å². The predicted octanol–water partition coefficient (Wildman–Crippen LogP) is 3.06. The average Bonchev–Trinajstić information content (AvgIpc) is 2.71. The molecule has 2 aromatic rings. The van der Waals surface area contributed by atoms with Gasteiger partial charge in [0.1, 0.15) is 5.82 Å². The highest BCUT2D eigenvalue weighted by Crippen LogP contribution is 2.29. The van der Waals surface area contributed by atoms with Gasteiger partial charge in [0.05, 0.1) is 6.54 Å². The van der Waals surface area contributed by atoms with E-state index in [2.05, 4.69) is 15.3 Å². The largest absolute Gasteiger partial charge is 0.433 e. The van der Waals surface area contributed by atoms with Crippen LogP contribution < -0.4 is 11.1 Å². The second-order valence-corrected chi connectivity index (χ2v) is 5.23. The fourth-order valence-electron chi connectivity index (χ4n) is 1.46. The molecule has 0 unspecified atom stereocenters. The normalized spacial score (nSPS) is 11.6. The number of nitrogens with one attached hydrogen (secondary N) is 1. The molecule has 0 atom stereocenters. The van der Waals surface area contributed by atoms with Crippen LogP contribution in [0, 0.1) is 6.92 Å². The zero-order valence-corrected chi connectivity index (χ0v) is 10.8. The molecule has 0 radical (unpaired) electrons. The summed E-state index contributed by atoms with van der Waals surface area (Å²) in [6.45, 7) is 2.35. The molecule has 4 nitrogen and oxygen atoms in total. The zero-order valence-electron chi connectivity index (χ0n) is 9.95. The molecule has 0 aliphatic heterocycles. The second kappa shape index (κ2) is 5.04.